The second-order valence-electron chi connectivity index (χ2n) is 8.94. The van der Waals surface area contributed by atoms with E-state index in [1.54, 1.807) is 11.9 Å². The fourth-order valence-electron chi connectivity index (χ4n) is 4.68. The van der Waals surface area contributed by atoms with Gasteiger partial charge in [0.25, 0.3) is 0 Å². The Morgan fingerprint density at radius 3 is 2.41 bits per heavy atom. The van der Waals surface area contributed by atoms with Gasteiger partial charge in [-0.05, 0) is 65.0 Å². The van der Waals surface area contributed by atoms with Crippen LogP contribution in [0.15, 0.2) is 102 Å². The summed E-state index contributed by atoms with van der Waals surface area (Å²) >= 11 is 1.65. The van der Waals surface area contributed by atoms with Crippen molar-refractivity contribution in [3.8, 4) is 34.2 Å². The molecule has 0 bridgehead atoms. The van der Waals surface area contributed by atoms with Gasteiger partial charge in [0, 0.05) is 29.3 Å². The van der Waals surface area contributed by atoms with E-state index >= 15 is 0 Å². The largest absolute Gasteiger partial charge is 0.489 e. The number of hydrogen-bond acceptors (Lipinski definition) is 5. The molecule has 0 saturated carbocycles. The first-order valence-corrected chi connectivity index (χ1v) is 13.2. The molecule has 3 aromatic carbocycles. The minimum absolute atomic E-state index is 0.0804. The lowest BCUT2D eigenvalue weighted by molar-refractivity contribution is 0.0254. The molecule has 0 radical (unpaired) electrons. The Kier molecular flexibility index (Phi) is 6.64. The third kappa shape index (κ3) is 4.84. The maximum atomic E-state index is 9.92. The monoisotopic (exact) mass is 503 g/mol. The third-order valence-corrected chi connectivity index (χ3v) is 7.58. The molecule has 5 nitrogen and oxygen atoms in total. The summed E-state index contributed by atoms with van der Waals surface area (Å²) in [5.41, 5.74) is 5.60. The number of fused-ring (bicyclic) bond motifs is 1. The topological polar surface area (TPSA) is 60.1 Å². The van der Waals surface area contributed by atoms with Crippen LogP contribution in [0.3, 0.4) is 0 Å². The maximum Gasteiger partial charge on any atom is 0.151 e. The van der Waals surface area contributed by atoms with Crippen molar-refractivity contribution in [1.29, 1.82) is 5.26 Å². The van der Waals surface area contributed by atoms with Gasteiger partial charge in [0.1, 0.15) is 17.9 Å². The second kappa shape index (κ2) is 10.5. The predicted molar refractivity (Wildman–Crippen MR) is 147 cm³/mol. The number of nitriles is 1. The highest BCUT2D eigenvalue weighted by Crippen LogP contribution is 2.39. The summed E-state index contributed by atoms with van der Waals surface area (Å²) in [4.78, 5) is 5.92. The number of pyridine rings is 1. The van der Waals surface area contributed by atoms with Crippen molar-refractivity contribution >= 4 is 23.0 Å². The molecule has 0 unspecified atom stereocenters. The highest BCUT2D eigenvalue weighted by Gasteiger charge is 2.19. The average Bonchev–Trinajstić information content (AvgIpc) is 3.33. The molecule has 3 heterocycles. The predicted octanol–water partition coefficient (Wildman–Crippen LogP) is 7.36. The minimum Gasteiger partial charge on any atom is -0.489 e. The summed E-state index contributed by atoms with van der Waals surface area (Å²) in [6.07, 6.45) is 3.60. The van der Waals surface area contributed by atoms with Crippen LogP contribution in [0, 0.1) is 11.3 Å². The average molecular weight is 504 g/mol. The Morgan fingerprint density at radius 1 is 0.892 bits per heavy atom. The molecular formula is C31H25N3O2S. The molecule has 1 fully saturated rings. The second-order valence-corrected chi connectivity index (χ2v) is 9.96. The van der Waals surface area contributed by atoms with Crippen LogP contribution in [-0.2, 0) is 4.74 Å². The van der Waals surface area contributed by atoms with Crippen molar-refractivity contribution in [3.63, 3.8) is 0 Å². The molecule has 6 heteroatoms. The van der Waals surface area contributed by atoms with Gasteiger partial charge in [0.05, 0.1) is 24.5 Å². The Balaban J connectivity index is 1.44. The molecule has 1 aliphatic heterocycles. The van der Waals surface area contributed by atoms with Gasteiger partial charge in [0.2, 0.25) is 0 Å². The number of hydrogen-bond donors (Lipinski definition) is 0. The van der Waals surface area contributed by atoms with Gasteiger partial charge < -0.3 is 9.47 Å². The van der Waals surface area contributed by atoms with Crippen LogP contribution in [-0.4, -0.2) is 28.3 Å². The molecule has 37 heavy (non-hydrogen) atoms. The first kappa shape index (κ1) is 23.4. The van der Waals surface area contributed by atoms with E-state index in [0.717, 1.165) is 51.2 Å². The number of rotatable bonds is 6. The van der Waals surface area contributed by atoms with Crippen LogP contribution < -0.4 is 4.74 Å². The van der Waals surface area contributed by atoms with Gasteiger partial charge >= 0.3 is 0 Å². The van der Waals surface area contributed by atoms with E-state index in [4.69, 9.17) is 14.5 Å². The molecule has 0 atom stereocenters. The van der Waals surface area contributed by atoms with Crippen molar-refractivity contribution in [2.45, 2.75) is 23.8 Å². The van der Waals surface area contributed by atoms with Crippen molar-refractivity contribution in [2.24, 2.45) is 0 Å². The van der Waals surface area contributed by atoms with Gasteiger partial charge in [-0.15, -0.1) is 0 Å². The van der Waals surface area contributed by atoms with Crippen LogP contribution in [0.4, 0.5) is 0 Å². The zero-order valence-electron chi connectivity index (χ0n) is 20.2. The van der Waals surface area contributed by atoms with Crippen LogP contribution in [0.5, 0.6) is 5.75 Å². The number of benzene rings is 3. The first-order valence-electron chi connectivity index (χ1n) is 12.4. The zero-order valence-corrected chi connectivity index (χ0v) is 21.0. The smallest absolute Gasteiger partial charge is 0.151 e. The fraction of sp³-hybridized carbons (Fsp3) is 0.161. The summed E-state index contributed by atoms with van der Waals surface area (Å²) in [5, 5.41) is 11.0. The Hall–Kier alpha value is -4.05. The van der Waals surface area contributed by atoms with Gasteiger partial charge in [-0.25, -0.2) is 4.98 Å². The molecule has 2 aromatic heterocycles. The lowest BCUT2D eigenvalue weighted by Crippen LogP contribution is -2.26. The lowest BCUT2D eigenvalue weighted by Gasteiger charge is -2.23. The van der Waals surface area contributed by atoms with E-state index in [1.165, 1.54) is 0 Å². The summed E-state index contributed by atoms with van der Waals surface area (Å²) in [7, 11) is 0. The molecule has 0 amide bonds. The Bertz CT molecular complexity index is 1570. The molecule has 0 aliphatic carbocycles. The highest BCUT2D eigenvalue weighted by atomic mass is 32.2. The maximum absolute atomic E-state index is 9.92. The third-order valence-electron chi connectivity index (χ3n) is 6.54. The van der Waals surface area contributed by atoms with E-state index in [9.17, 15) is 5.26 Å². The van der Waals surface area contributed by atoms with Gasteiger partial charge in [-0.2, -0.15) is 5.26 Å². The quantitative estimate of drug-likeness (QED) is 0.242. The fourth-order valence-corrected chi connectivity index (χ4v) is 5.66. The molecule has 182 valence electrons. The number of nitrogens with zero attached hydrogens (tertiary/aromatic N) is 3. The SMILES string of the molecule is N#Cc1cc(-c2ccnc3c2cc(-c2ccccc2)n3Sc2ccccc2)ccc1OC1CCOCC1. The Labute approximate surface area is 220 Å². The minimum atomic E-state index is 0.0804. The van der Waals surface area contributed by atoms with Gasteiger partial charge in [-0.1, -0.05) is 54.6 Å². The lowest BCUT2D eigenvalue weighted by atomic mass is 10.0. The molecule has 0 spiro atoms. The summed E-state index contributed by atoms with van der Waals surface area (Å²) < 4.78 is 13.8. The molecule has 1 saturated heterocycles. The van der Waals surface area contributed by atoms with Gasteiger partial charge in [-0.3, -0.25) is 3.97 Å². The first-order chi connectivity index (χ1) is 18.3. The molecular weight excluding hydrogens is 478 g/mol. The van der Waals surface area contributed by atoms with Crippen molar-refractivity contribution in [1.82, 2.24) is 8.96 Å². The molecule has 0 N–H and O–H groups in total. The molecule has 5 aromatic rings. The van der Waals surface area contributed by atoms with Gasteiger partial charge in [0.15, 0.2) is 5.65 Å². The van der Waals surface area contributed by atoms with Crippen LogP contribution in [0.25, 0.3) is 33.4 Å². The van der Waals surface area contributed by atoms with Crippen LogP contribution in [0.1, 0.15) is 18.4 Å². The van der Waals surface area contributed by atoms with E-state index in [0.29, 0.717) is 24.5 Å². The van der Waals surface area contributed by atoms with E-state index < -0.39 is 0 Å². The Morgan fingerprint density at radius 2 is 1.65 bits per heavy atom. The molecule has 6 rings (SSSR count). The van der Waals surface area contributed by atoms with Crippen molar-refractivity contribution < 1.29 is 9.47 Å². The normalized spacial score (nSPS) is 13.9. The molecule has 1 aliphatic rings. The summed E-state index contributed by atoms with van der Waals surface area (Å²) in [6, 6.07) is 33.1. The zero-order chi connectivity index (χ0) is 25.0. The summed E-state index contributed by atoms with van der Waals surface area (Å²) in [5.74, 6) is 0.630. The number of aromatic nitrogens is 2. The van der Waals surface area contributed by atoms with Crippen molar-refractivity contribution in [3.05, 3.63) is 103 Å². The highest BCUT2D eigenvalue weighted by molar-refractivity contribution is 7.98. The van der Waals surface area contributed by atoms with E-state index in [-0.39, 0.29) is 6.10 Å². The standard InChI is InChI=1S/C31H25N3O2S/c32-21-24-19-23(11-12-30(24)36-25-14-17-35-18-15-25)27-13-16-33-31-28(27)20-29(22-7-3-1-4-8-22)34(31)37-26-9-5-2-6-10-26/h1-13,16,19-20,25H,14-15,17-18H2. The number of ether oxygens (including phenoxy) is 2. The van der Waals surface area contributed by atoms with E-state index in [2.05, 4.69) is 52.5 Å². The van der Waals surface area contributed by atoms with Crippen LogP contribution in [0.2, 0.25) is 0 Å². The van der Waals surface area contributed by atoms with E-state index in [1.807, 2.05) is 54.7 Å². The summed E-state index contributed by atoms with van der Waals surface area (Å²) in [6.45, 7) is 1.39. The van der Waals surface area contributed by atoms with Crippen LogP contribution >= 0.6 is 11.9 Å². The van der Waals surface area contributed by atoms with Crippen molar-refractivity contribution in [2.75, 3.05) is 13.2 Å².